The summed E-state index contributed by atoms with van der Waals surface area (Å²) in [5.74, 6) is 0.912. The lowest BCUT2D eigenvalue weighted by atomic mass is 10.3. The summed E-state index contributed by atoms with van der Waals surface area (Å²) >= 11 is 5.20. The fourth-order valence-electron chi connectivity index (χ4n) is 1.35. The SMILES string of the molecule is C[C@H](Nc1ccn(C)n1)c1ccc(Br)s1. The molecule has 0 unspecified atom stereocenters. The van der Waals surface area contributed by atoms with Crippen molar-refractivity contribution in [1.29, 1.82) is 0 Å². The second kappa shape index (κ2) is 4.37. The zero-order valence-electron chi connectivity index (χ0n) is 8.57. The van der Waals surface area contributed by atoms with Gasteiger partial charge in [-0.05, 0) is 35.0 Å². The highest BCUT2D eigenvalue weighted by atomic mass is 79.9. The number of aryl methyl sites for hydroxylation is 1. The Morgan fingerprint density at radius 1 is 1.47 bits per heavy atom. The van der Waals surface area contributed by atoms with E-state index >= 15 is 0 Å². The van der Waals surface area contributed by atoms with E-state index < -0.39 is 0 Å². The first-order valence-corrected chi connectivity index (χ1v) is 6.27. The van der Waals surface area contributed by atoms with Gasteiger partial charge in [0, 0.05) is 24.2 Å². The van der Waals surface area contributed by atoms with Crippen molar-refractivity contribution in [1.82, 2.24) is 9.78 Å². The number of rotatable bonds is 3. The normalized spacial score (nSPS) is 12.7. The molecule has 0 bridgehead atoms. The van der Waals surface area contributed by atoms with Crippen LogP contribution in [0.1, 0.15) is 17.8 Å². The van der Waals surface area contributed by atoms with Crippen LogP contribution in [0.2, 0.25) is 0 Å². The molecule has 0 saturated heterocycles. The lowest BCUT2D eigenvalue weighted by molar-refractivity contribution is 0.761. The maximum atomic E-state index is 4.28. The van der Waals surface area contributed by atoms with Crippen molar-refractivity contribution in [3.8, 4) is 0 Å². The molecule has 0 aliphatic rings. The molecule has 5 heteroatoms. The number of hydrogen-bond acceptors (Lipinski definition) is 3. The summed E-state index contributed by atoms with van der Waals surface area (Å²) in [6, 6.07) is 6.45. The summed E-state index contributed by atoms with van der Waals surface area (Å²) in [4.78, 5) is 1.30. The number of nitrogens with one attached hydrogen (secondary N) is 1. The molecule has 2 aromatic rings. The van der Waals surface area contributed by atoms with Crippen LogP contribution in [0.25, 0.3) is 0 Å². The summed E-state index contributed by atoms with van der Waals surface area (Å²) in [7, 11) is 1.91. The first-order valence-electron chi connectivity index (χ1n) is 4.66. The number of hydrogen-bond donors (Lipinski definition) is 1. The summed E-state index contributed by atoms with van der Waals surface area (Å²) < 4.78 is 2.95. The van der Waals surface area contributed by atoms with E-state index in [0.29, 0.717) is 0 Å². The lowest BCUT2D eigenvalue weighted by Crippen LogP contribution is -2.05. The Labute approximate surface area is 101 Å². The van der Waals surface area contributed by atoms with Gasteiger partial charge in [-0.3, -0.25) is 4.68 Å². The number of halogens is 1. The fourth-order valence-corrected chi connectivity index (χ4v) is 2.77. The first-order chi connectivity index (χ1) is 7.15. The van der Waals surface area contributed by atoms with E-state index in [0.717, 1.165) is 9.60 Å². The third-order valence-electron chi connectivity index (χ3n) is 2.10. The molecule has 2 heterocycles. The molecule has 1 N–H and O–H groups in total. The van der Waals surface area contributed by atoms with Gasteiger partial charge in [-0.15, -0.1) is 11.3 Å². The number of thiophene rings is 1. The molecule has 0 radical (unpaired) electrons. The Balaban J connectivity index is 2.06. The van der Waals surface area contributed by atoms with Gasteiger partial charge in [-0.25, -0.2) is 0 Å². The molecule has 0 spiro atoms. The predicted molar refractivity (Wildman–Crippen MR) is 67.3 cm³/mol. The molecule has 15 heavy (non-hydrogen) atoms. The zero-order chi connectivity index (χ0) is 10.8. The molecule has 1 atom stereocenters. The Hall–Kier alpha value is -0.810. The van der Waals surface area contributed by atoms with Crippen molar-refractivity contribution in [2.24, 2.45) is 7.05 Å². The van der Waals surface area contributed by atoms with E-state index in [-0.39, 0.29) is 6.04 Å². The van der Waals surface area contributed by atoms with E-state index in [4.69, 9.17) is 0 Å². The molecule has 2 aromatic heterocycles. The van der Waals surface area contributed by atoms with Gasteiger partial charge in [0.15, 0.2) is 0 Å². The summed E-state index contributed by atoms with van der Waals surface area (Å²) in [5.41, 5.74) is 0. The van der Waals surface area contributed by atoms with Gasteiger partial charge in [0.05, 0.1) is 9.83 Å². The van der Waals surface area contributed by atoms with Crippen LogP contribution >= 0.6 is 27.3 Å². The van der Waals surface area contributed by atoms with E-state index in [2.05, 4.69) is 45.4 Å². The lowest BCUT2D eigenvalue weighted by Gasteiger charge is -2.10. The fraction of sp³-hybridized carbons (Fsp3) is 0.300. The minimum atomic E-state index is 0.288. The average molecular weight is 286 g/mol. The van der Waals surface area contributed by atoms with Gasteiger partial charge in [0.2, 0.25) is 0 Å². The van der Waals surface area contributed by atoms with E-state index in [1.54, 1.807) is 16.0 Å². The monoisotopic (exact) mass is 285 g/mol. The summed E-state index contributed by atoms with van der Waals surface area (Å²) in [6.45, 7) is 2.13. The van der Waals surface area contributed by atoms with Crippen molar-refractivity contribution in [2.75, 3.05) is 5.32 Å². The maximum absolute atomic E-state index is 4.28. The minimum absolute atomic E-state index is 0.288. The molecular weight excluding hydrogens is 274 g/mol. The highest BCUT2D eigenvalue weighted by molar-refractivity contribution is 9.11. The Kier molecular flexibility index (Phi) is 3.11. The van der Waals surface area contributed by atoms with Gasteiger partial charge in [-0.2, -0.15) is 5.10 Å². The molecule has 0 amide bonds. The zero-order valence-corrected chi connectivity index (χ0v) is 11.0. The third kappa shape index (κ3) is 2.60. The molecule has 0 aliphatic carbocycles. The van der Waals surface area contributed by atoms with Crippen molar-refractivity contribution >= 4 is 33.1 Å². The van der Waals surface area contributed by atoms with E-state index in [1.807, 2.05) is 19.3 Å². The van der Waals surface area contributed by atoms with Crippen molar-refractivity contribution in [3.63, 3.8) is 0 Å². The molecule has 3 nitrogen and oxygen atoms in total. The molecule has 2 rings (SSSR count). The van der Waals surface area contributed by atoms with Gasteiger partial charge in [-0.1, -0.05) is 0 Å². The third-order valence-corrected chi connectivity index (χ3v) is 3.91. The second-order valence-electron chi connectivity index (χ2n) is 3.38. The molecule has 0 aromatic carbocycles. The topological polar surface area (TPSA) is 29.9 Å². The van der Waals surface area contributed by atoms with E-state index in [9.17, 15) is 0 Å². The van der Waals surface area contributed by atoms with Crippen LogP contribution < -0.4 is 5.32 Å². The van der Waals surface area contributed by atoms with Crippen LogP contribution in [-0.2, 0) is 7.05 Å². The summed E-state index contributed by atoms with van der Waals surface area (Å²) in [6.07, 6.45) is 1.93. The predicted octanol–water partition coefficient (Wildman–Crippen LogP) is 3.42. The van der Waals surface area contributed by atoms with Crippen LogP contribution in [0.3, 0.4) is 0 Å². The first kappa shape index (κ1) is 10.7. The van der Waals surface area contributed by atoms with Crippen LogP contribution in [0.4, 0.5) is 5.82 Å². The smallest absolute Gasteiger partial charge is 0.148 e. The quantitative estimate of drug-likeness (QED) is 0.937. The largest absolute Gasteiger partial charge is 0.361 e. The Morgan fingerprint density at radius 3 is 2.80 bits per heavy atom. The van der Waals surface area contributed by atoms with Crippen LogP contribution in [-0.4, -0.2) is 9.78 Å². The molecule has 0 aliphatic heterocycles. The average Bonchev–Trinajstić information content (AvgIpc) is 2.75. The molecular formula is C10H12BrN3S. The summed E-state index contributed by atoms with van der Waals surface area (Å²) in [5, 5.41) is 7.63. The Bertz CT molecular complexity index is 449. The van der Waals surface area contributed by atoms with E-state index in [1.165, 1.54) is 4.88 Å². The molecule has 0 fully saturated rings. The maximum Gasteiger partial charge on any atom is 0.148 e. The van der Waals surface area contributed by atoms with Crippen molar-refractivity contribution < 1.29 is 0 Å². The van der Waals surface area contributed by atoms with Crippen molar-refractivity contribution in [3.05, 3.63) is 33.1 Å². The number of nitrogens with zero attached hydrogens (tertiary/aromatic N) is 2. The minimum Gasteiger partial charge on any atom is -0.361 e. The van der Waals surface area contributed by atoms with Gasteiger partial charge < -0.3 is 5.32 Å². The van der Waals surface area contributed by atoms with Crippen LogP contribution in [0.15, 0.2) is 28.2 Å². The number of anilines is 1. The van der Waals surface area contributed by atoms with Gasteiger partial charge in [0.1, 0.15) is 5.82 Å². The van der Waals surface area contributed by atoms with Crippen LogP contribution in [0, 0.1) is 0 Å². The van der Waals surface area contributed by atoms with Gasteiger partial charge >= 0.3 is 0 Å². The molecule has 80 valence electrons. The second-order valence-corrected chi connectivity index (χ2v) is 5.88. The highest BCUT2D eigenvalue weighted by Gasteiger charge is 2.08. The van der Waals surface area contributed by atoms with Crippen molar-refractivity contribution in [2.45, 2.75) is 13.0 Å². The highest BCUT2D eigenvalue weighted by Crippen LogP contribution is 2.28. The molecule has 0 saturated carbocycles. The van der Waals surface area contributed by atoms with Crippen LogP contribution in [0.5, 0.6) is 0 Å². The Morgan fingerprint density at radius 2 is 2.27 bits per heavy atom. The standard InChI is InChI=1S/C10H12BrN3S/c1-7(8-3-4-9(11)15-8)12-10-5-6-14(2)13-10/h3-7H,1-2H3,(H,12,13)/t7-/m0/s1. The number of aromatic nitrogens is 2. The van der Waals surface area contributed by atoms with Gasteiger partial charge in [0.25, 0.3) is 0 Å².